The molecule has 0 radical (unpaired) electrons. The Morgan fingerprint density at radius 1 is 1.20 bits per heavy atom. The van der Waals surface area contributed by atoms with Gasteiger partial charge in [-0.2, -0.15) is 0 Å². The first kappa shape index (κ1) is 30.1. The van der Waals surface area contributed by atoms with Gasteiger partial charge < -0.3 is 21.1 Å². The molecule has 45 heavy (non-hydrogen) atoms. The summed E-state index contributed by atoms with van der Waals surface area (Å²) >= 11 is 1.54. The van der Waals surface area contributed by atoms with Crippen molar-refractivity contribution in [1.82, 2.24) is 30.0 Å². The highest BCUT2D eigenvalue weighted by atomic mass is 32.1. The number of carboxylic acids is 1. The summed E-state index contributed by atoms with van der Waals surface area (Å²) in [6.07, 6.45) is 8.33. The number of rotatable bonds is 10. The number of benzene rings is 1. The molecule has 4 aromatic heterocycles. The highest BCUT2D eigenvalue weighted by molar-refractivity contribution is 7.22. The molecule has 1 unspecified atom stereocenters. The van der Waals surface area contributed by atoms with Crippen molar-refractivity contribution in [2.24, 2.45) is 5.41 Å². The monoisotopic (exact) mass is 620 g/mol. The maximum Gasteiger partial charge on any atom is 0.355 e. The highest BCUT2D eigenvalue weighted by Crippen LogP contribution is 2.41. The van der Waals surface area contributed by atoms with Crippen LogP contribution in [0.3, 0.4) is 0 Å². The zero-order valence-electron chi connectivity index (χ0n) is 25.6. The first-order chi connectivity index (χ1) is 21.7. The van der Waals surface area contributed by atoms with Crippen molar-refractivity contribution >= 4 is 61.3 Å². The molecule has 1 aliphatic carbocycles. The number of aryl methyl sites for hydroxylation is 1. The van der Waals surface area contributed by atoms with Crippen molar-refractivity contribution in [2.45, 2.75) is 52.9 Å². The van der Waals surface area contributed by atoms with E-state index in [2.05, 4.69) is 44.3 Å². The molecule has 0 bridgehead atoms. The van der Waals surface area contributed by atoms with E-state index in [9.17, 15) is 9.90 Å². The van der Waals surface area contributed by atoms with Gasteiger partial charge >= 0.3 is 5.97 Å². The topological polar surface area (TPSA) is 142 Å². The number of aromatic nitrogens is 5. The zero-order chi connectivity index (χ0) is 31.7. The van der Waals surface area contributed by atoms with Crippen LogP contribution in [-0.2, 0) is 0 Å². The summed E-state index contributed by atoms with van der Waals surface area (Å²) in [5.74, 6) is -0.180. The quantitative estimate of drug-likeness (QED) is 0.0920. The Balaban J connectivity index is 1.30. The molecule has 230 valence electrons. The molecule has 1 saturated carbocycles. The van der Waals surface area contributed by atoms with Gasteiger partial charge in [-0.1, -0.05) is 42.5 Å². The fraction of sp³-hybridized carbons (Fsp3) is 0.294. The number of aromatic carboxylic acids is 1. The molecular weight excluding hydrogens is 584 g/mol. The van der Waals surface area contributed by atoms with Crippen LogP contribution in [-0.4, -0.2) is 48.6 Å². The minimum atomic E-state index is -1.17. The molecule has 10 nitrogen and oxygen atoms in total. The summed E-state index contributed by atoms with van der Waals surface area (Å²) in [4.78, 5) is 21.7. The number of fused-ring (bicyclic) bond motifs is 2. The largest absolute Gasteiger partial charge is 0.476 e. The summed E-state index contributed by atoms with van der Waals surface area (Å²) in [5, 5.41) is 35.7. The van der Waals surface area contributed by atoms with Gasteiger partial charge in [0.15, 0.2) is 22.3 Å². The van der Waals surface area contributed by atoms with Gasteiger partial charge in [-0.3, -0.25) is 4.57 Å². The van der Waals surface area contributed by atoms with Gasteiger partial charge in [-0.05, 0) is 81.7 Å². The third kappa shape index (κ3) is 5.83. The van der Waals surface area contributed by atoms with Gasteiger partial charge in [0.25, 0.3) is 0 Å². The van der Waals surface area contributed by atoms with Gasteiger partial charge in [-0.25, -0.2) is 14.8 Å². The smallest absolute Gasteiger partial charge is 0.355 e. The second kappa shape index (κ2) is 12.2. The van der Waals surface area contributed by atoms with Crippen molar-refractivity contribution < 1.29 is 9.90 Å². The number of anilines is 2. The molecule has 4 heterocycles. The Hall–Kier alpha value is -4.90. The summed E-state index contributed by atoms with van der Waals surface area (Å²) < 4.78 is 2.81. The summed E-state index contributed by atoms with van der Waals surface area (Å²) in [6, 6.07) is 13.3. The van der Waals surface area contributed by atoms with E-state index in [0.29, 0.717) is 28.4 Å². The van der Waals surface area contributed by atoms with Gasteiger partial charge in [0.2, 0.25) is 0 Å². The van der Waals surface area contributed by atoms with Crippen LogP contribution in [0.15, 0.2) is 66.5 Å². The van der Waals surface area contributed by atoms with E-state index in [4.69, 9.17) is 5.41 Å². The maximum absolute atomic E-state index is 12.5. The molecular formula is C34H36N8O2S. The second-order valence-electron chi connectivity index (χ2n) is 11.7. The van der Waals surface area contributed by atoms with Crippen molar-refractivity contribution in [2.75, 3.05) is 11.9 Å². The SMILES string of the molecule is C=C1CCCC(CC)(CN/C(C)=C(\C=N)c2ccc(-n3ccc4c(C)c(Nc5nc6ccccc6s5)nnc43)nc2C(=O)O)C1. The first-order valence-corrected chi connectivity index (χ1v) is 15.9. The van der Waals surface area contributed by atoms with Gasteiger partial charge in [0, 0.05) is 46.7 Å². The third-order valence-electron chi connectivity index (χ3n) is 8.89. The van der Waals surface area contributed by atoms with Crippen LogP contribution in [0.5, 0.6) is 0 Å². The predicted octanol–water partition coefficient (Wildman–Crippen LogP) is 7.67. The molecule has 0 amide bonds. The van der Waals surface area contributed by atoms with Gasteiger partial charge in [0.05, 0.1) is 10.2 Å². The molecule has 4 N–H and O–H groups in total. The second-order valence-corrected chi connectivity index (χ2v) is 12.8. The summed E-state index contributed by atoms with van der Waals surface area (Å²) in [7, 11) is 0. The number of hydrogen-bond donors (Lipinski definition) is 4. The van der Waals surface area contributed by atoms with E-state index in [1.165, 1.54) is 11.8 Å². The van der Waals surface area contributed by atoms with Crippen LogP contribution in [0.4, 0.5) is 10.9 Å². The van der Waals surface area contributed by atoms with Gasteiger partial charge in [-0.15, -0.1) is 10.2 Å². The number of para-hydroxylation sites is 1. The van der Waals surface area contributed by atoms with E-state index in [-0.39, 0.29) is 11.1 Å². The van der Waals surface area contributed by atoms with Crippen LogP contribution < -0.4 is 10.6 Å². The fourth-order valence-electron chi connectivity index (χ4n) is 6.21. The number of thiazole rings is 1. The molecule has 1 atom stereocenters. The standard InChI is InChI=1S/C34H36N8O2S/c1-5-34(15-8-9-20(2)17-34)19-36-22(4)25(18-35)24-12-13-28(38-29(24)32(43)44)42-16-14-23-21(3)30(40-41-31(23)42)39-33-37-26-10-6-7-11-27(26)45-33/h6-7,10-14,16,18,35-36H,2,5,8-9,15,17,19H2,1,3-4H3,(H,43,44)(H,37,39,40)/b25-22+,35-18?. The number of nitrogens with one attached hydrogen (secondary N) is 3. The zero-order valence-corrected chi connectivity index (χ0v) is 26.5. The minimum Gasteiger partial charge on any atom is -0.476 e. The highest BCUT2D eigenvalue weighted by Gasteiger charge is 2.32. The lowest BCUT2D eigenvalue weighted by atomic mass is 9.70. The Morgan fingerprint density at radius 3 is 2.76 bits per heavy atom. The Kier molecular flexibility index (Phi) is 8.20. The fourth-order valence-corrected chi connectivity index (χ4v) is 7.08. The van der Waals surface area contributed by atoms with Crippen LogP contribution in [0.25, 0.3) is 32.6 Å². The number of allylic oxidation sites excluding steroid dienone is 3. The number of pyridine rings is 1. The lowest BCUT2D eigenvalue weighted by molar-refractivity contribution is 0.0690. The summed E-state index contributed by atoms with van der Waals surface area (Å²) in [6.45, 7) is 11.0. The number of carbonyl (C=O) groups is 1. The minimum absolute atomic E-state index is 0.111. The molecule has 0 saturated heterocycles. The van der Waals surface area contributed by atoms with Crippen LogP contribution in [0.2, 0.25) is 0 Å². The lowest BCUT2D eigenvalue weighted by Crippen LogP contribution is -2.35. The van der Waals surface area contributed by atoms with Gasteiger partial charge in [0.1, 0.15) is 5.82 Å². The third-order valence-corrected chi connectivity index (χ3v) is 9.84. The Morgan fingerprint density at radius 2 is 2.02 bits per heavy atom. The van der Waals surface area contributed by atoms with Crippen molar-refractivity contribution in [3.8, 4) is 5.82 Å². The summed E-state index contributed by atoms with van der Waals surface area (Å²) in [5.41, 5.74) is 5.23. The number of carboxylic acid groups (broad SMARTS) is 1. The van der Waals surface area contributed by atoms with Crippen LogP contribution in [0, 0.1) is 17.7 Å². The molecule has 6 rings (SSSR count). The molecule has 0 spiro atoms. The van der Waals surface area contributed by atoms with E-state index in [1.807, 2.05) is 50.4 Å². The Labute approximate surface area is 265 Å². The Bertz CT molecular complexity index is 1960. The maximum atomic E-state index is 12.5. The van der Waals surface area contributed by atoms with Crippen molar-refractivity contribution in [1.29, 1.82) is 5.41 Å². The van der Waals surface area contributed by atoms with Crippen LogP contribution in [0.1, 0.15) is 67.6 Å². The average molecular weight is 621 g/mol. The molecule has 1 aromatic carbocycles. The molecule has 5 aromatic rings. The molecule has 1 fully saturated rings. The van der Waals surface area contributed by atoms with E-state index in [0.717, 1.165) is 70.6 Å². The number of hydrogen-bond acceptors (Lipinski definition) is 9. The number of nitrogens with zero attached hydrogens (tertiary/aromatic N) is 5. The van der Waals surface area contributed by atoms with E-state index in [1.54, 1.807) is 28.0 Å². The average Bonchev–Trinajstić information content (AvgIpc) is 3.66. The predicted molar refractivity (Wildman–Crippen MR) is 181 cm³/mol. The lowest BCUT2D eigenvalue weighted by Gasteiger charge is -2.38. The van der Waals surface area contributed by atoms with E-state index < -0.39 is 5.97 Å². The van der Waals surface area contributed by atoms with Crippen LogP contribution >= 0.6 is 11.3 Å². The van der Waals surface area contributed by atoms with E-state index >= 15 is 0 Å². The normalized spacial score (nSPS) is 17.4. The van der Waals surface area contributed by atoms with Crippen molar-refractivity contribution in [3.05, 3.63) is 83.3 Å². The molecule has 1 aliphatic rings. The molecule has 11 heteroatoms. The first-order valence-electron chi connectivity index (χ1n) is 15.1. The molecule has 0 aliphatic heterocycles. The van der Waals surface area contributed by atoms with Crippen molar-refractivity contribution in [3.63, 3.8) is 0 Å².